The van der Waals surface area contributed by atoms with Crippen LogP contribution in [-0.2, 0) is 9.53 Å². The average molecular weight is 176 g/mol. The van der Waals surface area contributed by atoms with Gasteiger partial charge in [0.25, 0.3) is 0 Å². The smallest absolute Gasteiger partial charge is 0.335 e. The Balaban J connectivity index is 2.25. The Hall–Kier alpha value is -1.71. The second kappa shape index (κ2) is 2.97. The fraction of sp³-hybridized carbons (Fsp3) is 0.222. The molecule has 0 aromatic rings. The molecule has 4 nitrogen and oxygen atoms in total. The van der Waals surface area contributed by atoms with Crippen molar-refractivity contribution in [1.29, 1.82) is 0 Å². The molecular weight excluding hydrogens is 168 g/mol. The predicted octanol–water partition coefficient (Wildman–Crippen LogP) is 0.856. The lowest BCUT2D eigenvalue weighted by Gasteiger charge is -2.09. The zero-order valence-electron chi connectivity index (χ0n) is 7.15. The number of ether oxygens (including phenoxy) is 1. The molecule has 13 heavy (non-hydrogen) atoms. The van der Waals surface area contributed by atoms with Gasteiger partial charge in [-0.05, 0) is 0 Å². The molecule has 0 unspecified atom stereocenters. The van der Waals surface area contributed by atoms with Gasteiger partial charge in [-0.1, -0.05) is 0 Å². The summed E-state index contributed by atoms with van der Waals surface area (Å²) >= 11 is 0. The van der Waals surface area contributed by atoms with Crippen LogP contribution < -0.4 is 0 Å². The van der Waals surface area contributed by atoms with Crippen molar-refractivity contribution >= 4 is 17.9 Å². The number of carbonyl (C=O) groups excluding carboxylic acids is 1. The van der Waals surface area contributed by atoms with Gasteiger partial charge in [0.1, 0.15) is 0 Å². The third-order valence-corrected chi connectivity index (χ3v) is 1.94. The van der Waals surface area contributed by atoms with Crippen molar-refractivity contribution < 1.29 is 9.53 Å². The molecular formula is C9H8N2O2. The number of rotatable bonds is 1. The van der Waals surface area contributed by atoms with Crippen LogP contribution >= 0.6 is 0 Å². The van der Waals surface area contributed by atoms with E-state index in [-0.39, 0.29) is 5.97 Å². The third-order valence-electron chi connectivity index (χ3n) is 1.94. The molecule has 2 rings (SSSR count). The number of methoxy groups -OCH3 is 1. The Bertz CT molecular complexity index is 375. The highest BCUT2D eigenvalue weighted by molar-refractivity contribution is 6.40. The molecule has 2 heterocycles. The van der Waals surface area contributed by atoms with Crippen LogP contribution in [-0.4, -0.2) is 25.0 Å². The van der Waals surface area contributed by atoms with Crippen molar-refractivity contribution in [2.24, 2.45) is 9.98 Å². The Labute approximate surface area is 75.3 Å². The molecule has 0 aromatic heterocycles. The van der Waals surface area contributed by atoms with Crippen LogP contribution in [0.2, 0.25) is 0 Å². The molecule has 0 bridgehead atoms. The minimum atomic E-state index is -0.324. The molecule has 0 fully saturated rings. The van der Waals surface area contributed by atoms with Gasteiger partial charge in [0, 0.05) is 24.4 Å². The normalized spacial score (nSPS) is 18.7. The van der Waals surface area contributed by atoms with Crippen molar-refractivity contribution in [2.75, 3.05) is 7.11 Å². The van der Waals surface area contributed by atoms with Crippen LogP contribution in [0.1, 0.15) is 6.42 Å². The van der Waals surface area contributed by atoms with E-state index in [0.717, 1.165) is 11.3 Å². The number of hydrogen-bond donors (Lipinski definition) is 0. The summed E-state index contributed by atoms with van der Waals surface area (Å²) in [5.74, 6) is -0.324. The lowest BCUT2D eigenvalue weighted by molar-refractivity contribution is -0.136. The van der Waals surface area contributed by atoms with E-state index in [2.05, 4.69) is 14.7 Å². The molecule has 2 aliphatic heterocycles. The number of allylic oxidation sites excluding steroid dienone is 1. The van der Waals surface area contributed by atoms with Gasteiger partial charge in [-0.15, -0.1) is 0 Å². The summed E-state index contributed by atoms with van der Waals surface area (Å²) in [6.45, 7) is 0. The van der Waals surface area contributed by atoms with E-state index in [1.54, 1.807) is 12.4 Å². The summed E-state index contributed by atoms with van der Waals surface area (Å²) < 4.78 is 4.59. The number of nitrogens with zero attached hydrogens (tertiary/aromatic N) is 2. The second-order valence-corrected chi connectivity index (χ2v) is 2.77. The van der Waals surface area contributed by atoms with E-state index in [0.29, 0.717) is 12.0 Å². The van der Waals surface area contributed by atoms with E-state index in [9.17, 15) is 4.79 Å². The van der Waals surface area contributed by atoms with E-state index < -0.39 is 0 Å². The van der Waals surface area contributed by atoms with Crippen LogP contribution in [0.4, 0.5) is 0 Å². The Morgan fingerprint density at radius 3 is 3.15 bits per heavy atom. The minimum absolute atomic E-state index is 0.324. The molecule has 0 amide bonds. The SMILES string of the molecule is COC(=O)C1=CN=C2C=NC=C2C1. The van der Waals surface area contributed by atoms with Crippen LogP contribution in [0.5, 0.6) is 0 Å². The van der Waals surface area contributed by atoms with E-state index in [1.807, 2.05) is 0 Å². The van der Waals surface area contributed by atoms with Gasteiger partial charge < -0.3 is 4.74 Å². The maximum atomic E-state index is 11.1. The standard InChI is InChI=1S/C9H8N2O2/c1-13-9(12)7-2-6-3-10-5-8(6)11-4-7/h3-5H,2H2,1H3. The highest BCUT2D eigenvalue weighted by Gasteiger charge is 2.20. The summed E-state index contributed by atoms with van der Waals surface area (Å²) in [5.41, 5.74) is 2.39. The van der Waals surface area contributed by atoms with Gasteiger partial charge in [-0.2, -0.15) is 0 Å². The first kappa shape index (κ1) is 7.91. The Morgan fingerprint density at radius 2 is 2.38 bits per heavy atom. The number of aliphatic imine (C=N–C) groups is 2. The van der Waals surface area contributed by atoms with Crippen LogP contribution in [0.15, 0.2) is 33.5 Å². The summed E-state index contributed by atoms with van der Waals surface area (Å²) in [7, 11) is 1.36. The van der Waals surface area contributed by atoms with Crippen LogP contribution in [0.25, 0.3) is 0 Å². The van der Waals surface area contributed by atoms with Crippen molar-refractivity contribution in [3.8, 4) is 0 Å². The minimum Gasteiger partial charge on any atom is -0.466 e. The monoisotopic (exact) mass is 176 g/mol. The summed E-state index contributed by atoms with van der Waals surface area (Å²) in [6.07, 6.45) is 5.50. The fourth-order valence-corrected chi connectivity index (χ4v) is 1.25. The van der Waals surface area contributed by atoms with Crippen molar-refractivity contribution in [1.82, 2.24) is 0 Å². The summed E-state index contributed by atoms with van der Waals surface area (Å²) in [4.78, 5) is 19.1. The number of fused-ring (bicyclic) bond motifs is 1. The van der Waals surface area contributed by atoms with Crippen LogP contribution in [0.3, 0.4) is 0 Å². The molecule has 66 valence electrons. The van der Waals surface area contributed by atoms with Gasteiger partial charge in [0.15, 0.2) is 0 Å². The molecule has 0 spiro atoms. The van der Waals surface area contributed by atoms with Gasteiger partial charge in [0.2, 0.25) is 0 Å². The molecule has 0 aromatic carbocycles. The first-order valence-corrected chi connectivity index (χ1v) is 3.89. The number of carbonyl (C=O) groups is 1. The lowest BCUT2D eigenvalue weighted by atomic mass is 10.0. The third kappa shape index (κ3) is 1.30. The van der Waals surface area contributed by atoms with E-state index in [4.69, 9.17) is 0 Å². The molecule has 4 heteroatoms. The topological polar surface area (TPSA) is 51.0 Å². The van der Waals surface area contributed by atoms with Gasteiger partial charge in [0.05, 0.1) is 24.6 Å². The van der Waals surface area contributed by atoms with Crippen molar-refractivity contribution in [2.45, 2.75) is 6.42 Å². The first-order chi connectivity index (χ1) is 6.31. The van der Waals surface area contributed by atoms with Crippen LogP contribution in [0, 0.1) is 0 Å². The quantitative estimate of drug-likeness (QED) is 0.556. The molecule has 0 N–H and O–H groups in total. The fourth-order valence-electron chi connectivity index (χ4n) is 1.25. The molecule has 0 saturated heterocycles. The second-order valence-electron chi connectivity index (χ2n) is 2.77. The van der Waals surface area contributed by atoms with Crippen molar-refractivity contribution in [3.63, 3.8) is 0 Å². The first-order valence-electron chi connectivity index (χ1n) is 3.89. The molecule has 0 saturated carbocycles. The Kier molecular flexibility index (Phi) is 1.81. The average Bonchev–Trinajstić information content (AvgIpc) is 2.63. The molecule has 2 aliphatic rings. The molecule has 0 aliphatic carbocycles. The van der Waals surface area contributed by atoms with E-state index >= 15 is 0 Å². The predicted molar refractivity (Wildman–Crippen MR) is 48.7 cm³/mol. The number of hydrogen-bond acceptors (Lipinski definition) is 4. The van der Waals surface area contributed by atoms with Crippen molar-refractivity contribution in [3.05, 3.63) is 23.5 Å². The highest BCUT2D eigenvalue weighted by atomic mass is 16.5. The lowest BCUT2D eigenvalue weighted by Crippen LogP contribution is -2.12. The molecule has 0 atom stereocenters. The van der Waals surface area contributed by atoms with Gasteiger partial charge in [-0.25, -0.2) is 4.79 Å². The Morgan fingerprint density at radius 1 is 1.54 bits per heavy atom. The van der Waals surface area contributed by atoms with Gasteiger partial charge >= 0.3 is 5.97 Å². The zero-order valence-corrected chi connectivity index (χ0v) is 7.15. The summed E-state index contributed by atoms with van der Waals surface area (Å²) in [5, 5.41) is 0. The van der Waals surface area contributed by atoms with E-state index in [1.165, 1.54) is 13.3 Å². The zero-order chi connectivity index (χ0) is 9.26. The number of esters is 1. The maximum absolute atomic E-state index is 11.1. The maximum Gasteiger partial charge on any atom is 0.335 e. The molecule has 0 radical (unpaired) electrons. The van der Waals surface area contributed by atoms with Gasteiger partial charge in [-0.3, -0.25) is 9.98 Å². The highest BCUT2D eigenvalue weighted by Crippen LogP contribution is 2.21. The summed E-state index contributed by atoms with van der Waals surface area (Å²) in [6, 6.07) is 0. The largest absolute Gasteiger partial charge is 0.466 e.